The van der Waals surface area contributed by atoms with Crippen LogP contribution in [0.3, 0.4) is 0 Å². The molecule has 0 bridgehead atoms. The summed E-state index contributed by atoms with van der Waals surface area (Å²) in [6.45, 7) is 8.91. The maximum absolute atomic E-state index is 11.4. The third-order valence-corrected chi connectivity index (χ3v) is 8.60. The fourth-order valence-electron chi connectivity index (χ4n) is 5.85. The van der Waals surface area contributed by atoms with Crippen molar-refractivity contribution >= 4 is 11.4 Å². The molecule has 1 aliphatic rings. The summed E-state index contributed by atoms with van der Waals surface area (Å²) in [5.41, 5.74) is 20.8. The number of benzene rings is 4. The first kappa shape index (κ1) is 40.6. The quantitative estimate of drug-likeness (QED) is 0.0516. The third kappa shape index (κ3) is 13.9. The zero-order valence-electron chi connectivity index (χ0n) is 29.8. The molecule has 5 rings (SSSR count). The van der Waals surface area contributed by atoms with Gasteiger partial charge in [-0.1, -0.05) is 90.0 Å². The molecule has 0 amide bonds. The molecule has 4 aromatic carbocycles. The van der Waals surface area contributed by atoms with Crippen molar-refractivity contribution < 1.29 is 21.2 Å². The van der Waals surface area contributed by atoms with Crippen molar-refractivity contribution in [3.05, 3.63) is 160 Å². The molecule has 4 aromatic rings. The molecule has 0 fully saturated rings. The van der Waals surface area contributed by atoms with Crippen LogP contribution in [-0.4, -0.2) is 4.70 Å². The zero-order valence-corrected chi connectivity index (χ0v) is 30.8. The van der Waals surface area contributed by atoms with Crippen LogP contribution in [0.2, 0.25) is 0 Å². The minimum absolute atomic E-state index is 0. The zero-order chi connectivity index (χ0) is 33.5. The minimum atomic E-state index is 0. The number of aryl methyl sites for hydroxylation is 2. The van der Waals surface area contributed by atoms with E-state index in [2.05, 4.69) is 88.4 Å². The van der Waals surface area contributed by atoms with E-state index in [4.69, 9.17) is 0 Å². The van der Waals surface area contributed by atoms with Crippen LogP contribution >= 0.6 is 0 Å². The van der Waals surface area contributed by atoms with E-state index in [1.165, 1.54) is 78.3 Å². The van der Waals surface area contributed by atoms with Crippen LogP contribution in [0.5, 0.6) is 0 Å². The van der Waals surface area contributed by atoms with Crippen molar-refractivity contribution in [2.75, 3.05) is 0 Å². The smallest absolute Gasteiger partial charge is 0.493 e. The molecule has 0 spiro atoms. The second-order valence-electron chi connectivity index (χ2n) is 12.4. The van der Waals surface area contributed by atoms with Gasteiger partial charge in [-0.3, -0.25) is 0 Å². The van der Waals surface area contributed by atoms with Crippen molar-refractivity contribution in [2.24, 2.45) is 0 Å². The van der Waals surface area contributed by atoms with Crippen molar-refractivity contribution in [1.82, 2.24) is 0 Å². The molecule has 3 heteroatoms. The molecule has 0 radical (unpaired) electrons. The van der Waals surface area contributed by atoms with Crippen LogP contribution in [0.1, 0.15) is 121 Å². The van der Waals surface area contributed by atoms with Crippen LogP contribution in [-0.2, 0) is 29.3 Å². The number of nitrogens with zero attached hydrogens (tertiary/aromatic N) is 2. The molecule has 1 aliphatic heterocycles. The summed E-state index contributed by atoms with van der Waals surface area (Å²) in [6.07, 6.45) is 15.9. The first-order valence-corrected chi connectivity index (χ1v) is 18.0. The number of rotatable bonds is 15. The second kappa shape index (κ2) is 24.6. The normalized spacial score (nSPS) is 12.1. The van der Waals surface area contributed by atoms with Crippen LogP contribution in [0, 0.1) is 12.1 Å². The molecular formula is C45H56N2Ni. The molecule has 256 valence electrons. The Morgan fingerprint density at radius 1 is 0.500 bits per heavy atom. The van der Waals surface area contributed by atoms with Crippen LogP contribution in [0.4, 0.5) is 0 Å². The number of hydrogen-bond donors (Lipinski definition) is 0. The van der Waals surface area contributed by atoms with E-state index < -0.39 is 0 Å². The van der Waals surface area contributed by atoms with Gasteiger partial charge in [-0.2, -0.15) is 72.8 Å². The van der Waals surface area contributed by atoms with E-state index in [1.54, 1.807) is 0 Å². The van der Waals surface area contributed by atoms with Crippen molar-refractivity contribution in [3.63, 3.8) is 0 Å². The van der Waals surface area contributed by atoms with Gasteiger partial charge in [-0.05, 0) is 80.8 Å². The first-order chi connectivity index (χ1) is 23.1. The average Bonchev–Trinajstić information content (AvgIpc) is 3.38. The summed E-state index contributed by atoms with van der Waals surface area (Å²) < 4.78 is 1.46. The molecule has 0 aliphatic carbocycles. The summed E-state index contributed by atoms with van der Waals surface area (Å²) in [7, 11) is 0. The van der Waals surface area contributed by atoms with Gasteiger partial charge in [0.25, 0.3) is 0 Å². The molecule has 48 heavy (non-hydrogen) atoms. The van der Waals surface area contributed by atoms with Crippen LogP contribution in [0.25, 0.3) is 16.9 Å². The fourth-order valence-corrected chi connectivity index (χ4v) is 5.85. The molecular weight excluding hydrogens is 627 g/mol. The van der Waals surface area contributed by atoms with Gasteiger partial charge < -0.3 is 5.53 Å². The van der Waals surface area contributed by atoms with Gasteiger partial charge in [0, 0.05) is 22.3 Å². The van der Waals surface area contributed by atoms with Crippen molar-refractivity contribution in [3.8, 4) is 0 Å². The third-order valence-electron chi connectivity index (χ3n) is 8.60. The number of allylic oxidation sites excluding steroid dienone is 2. The molecule has 1 heterocycles. The summed E-state index contributed by atoms with van der Waals surface area (Å²) in [4.78, 5) is 0. The predicted molar refractivity (Wildman–Crippen MR) is 202 cm³/mol. The van der Waals surface area contributed by atoms with Crippen LogP contribution in [0.15, 0.2) is 120 Å². The van der Waals surface area contributed by atoms with Gasteiger partial charge in [-0.15, -0.1) is 0 Å². The van der Waals surface area contributed by atoms with Gasteiger partial charge in [0.15, 0.2) is 0 Å². The van der Waals surface area contributed by atoms with Crippen molar-refractivity contribution in [2.45, 2.75) is 111 Å². The maximum atomic E-state index is 11.4. The predicted octanol–water partition coefficient (Wildman–Crippen LogP) is 13.3. The molecule has 0 unspecified atom stereocenters. The Hall–Kier alpha value is -3.55. The largest absolute Gasteiger partial charge is 2.00 e. The van der Waals surface area contributed by atoms with E-state index >= 15 is 0 Å². The standard InChI is InChI=1S/C33H46N2.2C6H5.Ni/c1-5-8-11-12-13-14-16-28-18-22-29(23-19-28)32-26(4)31(17-10-7-3)33(35(32)34)30-24-20-27(21-25-30)15-9-6-2;2*1-2-4-6-5-3-1;/h18-25H,5-17H2,1-4H3;2*1-5H;/q;2*-1;+2. The molecule has 0 N–H and O–H groups in total. The van der Waals surface area contributed by atoms with Gasteiger partial charge in [0.1, 0.15) is 0 Å². The van der Waals surface area contributed by atoms with Crippen LogP contribution < -0.4 is 0 Å². The summed E-state index contributed by atoms with van der Waals surface area (Å²) in [6, 6.07) is 42.7. The van der Waals surface area contributed by atoms with E-state index in [1.807, 2.05) is 60.7 Å². The number of unbranched alkanes of at least 4 members (excludes halogenated alkanes) is 7. The van der Waals surface area contributed by atoms with E-state index in [9.17, 15) is 5.53 Å². The summed E-state index contributed by atoms with van der Waals surface area (Å²) in [5.74, 6) is 0. The van der Waals surface area contributed by atoms with Gasteiger partial charge >= 0.3 is 16.5 Å². The Kier molecular flexibility index (Phi) is 20.8. The van der Waals surface area contributed by atoms with E-state index in [-0.39, 0.29) is 16.5 Å². The first-order valence-electron chi connectivity index (χ1n) is 18.0. The Morgan fingerprint density at radius 3 is 1.35 bits per heavy atom. The van der Waals surface area contributed by atoms with E-state index in [0.717, 1.165) is 54.6 Å². The maximum Gasteiger partial charge on any atom is 2.00 e. The Balaban J connectivity index is 0.000000512. The molecule has 0 saturated carbocycles. The SMILES string of the molecule is CCCCCCCCc1ccc(C2=C(C)C(CCCC)=C(c3ccc(CCCC)cc3)[N+]2=[N-])cc1.[Ni+2].[c-]1ccccc1.[c-]1ccccc1. The topological polar surface area (TPSA) is 25.3 Å². The summed E-state index contributed by atoms with van der Waals surface area (Å²) >= 11 is 0. The molecule has 0 saturated heterocycles. The number of hydrogen-bond acceptors (Lipinski definition) is 0. The average molecular weight is 684 g/mol. The summed E-state index contributed by atoms with van der Waals surface area (Å²) in [5, 5.41) is 0. The van der Waals surface area contributed by atoms with Gasteiger partial charge in [0.05, 0.1) is 0 Å². The monoisotopic (exact) mass is 682 g/mol. The fraction of sp³-hybridized carbons (Fsp3) is 0.378. The van der Waals surface area contributed by atoms with Gasteiger partial charge in [-0.25, -0.2) is 4.70 Å². The molecule has 0 aromatic heterocycles. The van der Waals surface area contributed by atoms with Gasteiger partial charge in [0.2, 0.25) is 11.4 Å². The minimum Gasteiger partial charge on any atom is -0.493 e. The second-order valence-corrected chi connectivity index (χ2v) is 12.4. The molecule has 2 nitrogen and oxygen atoms in total. The Labute approximate surface area is 302 Å². The Morgan fingerprint density at radius 2 is 0.917 bits per heavy atom. The molecule has 0 atom stereocenters. The van der Waals surface area contributed by atoms with E-state index in [0.29, 0.717) is 0 Å². The Bertz CT molecular complexity index is 1390. The van der Waals surface area contributed by atoms with Crippen molar-refractivity contribution in [1.29, 1.82) is 0 Å².